The van der Waals surface area contributed by atoms with Gasteiger partial charge in [0.15, 0.2) is 0 Å². The van der Waals surface area contributed by atoms with Crippen molar-refractivity contribution in [3.63, 3.8) is 0 Å². The molecule has 39 heavy (non-hydrogen) atoms. The van der Waals surface area contributed by atoms with Crippen molar-refractivity contribution >= 4 is 17.4 Å². The standard InChI is InChI=1S/C29H31F3N6O/c30-29(31,32)26-9-8-21(16-35-26)37-13-11-25-23(17-37)36-22-6-1-2-7-24(22)38(25)27-15-19(10-12-34-27)18-4-3-5-20(14-18)28(33)39/h3-5,8-10,12,14-16,22-25,36H,1-2,6-7,11,13,17H2,(H2,33,39)/t22-,23-,24-,25?/m1/s1. The van der Waals surface area contributed by atoms with Gasteiger partial charge in [-0.3, -0.25) is 4.79 Å². The van der Waals surface area contributed by atoms with Crippen LogP contribution in [0.3, 0.4) is 0 Å². The molecule has 1 aromatic carbocycles. The van der Waals surface area contributed by atoms with Crippen LogP contribution in [0.2, 0.25) is 0 Å². The summed E-state index contributed by atoms with van der Waals surface area (Å²) in [5.74, 6) is 0.450. The average Bonchev–Trinajstić information content (AvgIpc) is 2.95. The number of nitrogens with zero attached hydrogens (tertiary/aromatic N) is 4. The van der Waals surface area contributed by atoms with Gasteiger partial charge in [-0.05, 0) is 66.8 Å². The van der Waals surface area contributed by atoms with Crippen molar-refractivity contribution in [1.82, 2.24) is 15.3 Å². The summed E-state index contributed by atoms with van der Waals surface area (Å²) in [6.07, 6.45) is 4.03. The van der Waals surface area contributed by atoms with E-state index < -0.39 is 17.8 Å². The number of hydrogen-bond acceptors (Lipinski definition) is 6. The molecule has 4 atom stereocenters. The SMILES string of the molecule is NC(=O)c1cccc(-c2ccnc(N3C4CCN(c5ccc(C(F)(F)F)nc5)C[C@H]4N[C@@H]4CCCC[C@H]43)c2)c1. The highest BCUT2D eigenvalue weighted by atomic mass is 19.4. The van der Waals surface area contributed by atoms with Gasteiger partial charge in [0, 0.05) is 49.0 Å². The number of carbonyl (C=O) groups is 1. The molecule has 204 valence electrons. The second kappa shape index (κ2) is 10.1. The minimum absolute atomic E-state index is 0.129. The Bertz CT molecular complexity index is 1350. The molecule has 3 fully saturated rings. The van der Waals surface area contributed by atoms with E-state index in [4.69, 9.17) is 10.7 Å². The van der Waals surface area contributed by atoms with Crippen molar-refractivity contribution in [2.75, 3.05) is 22.9 Å². The molecule has 4 heterocycles. The van der Waals surface area contributed by atoms with Crippen LogP contribution in [-0.2, 0) is 6.18 Å². The molecule has 0 bridgehead atoms. The lowest BCUT2D eigenvalue weighted by Crippen LogP contribution is -2.72. The van der Waals surface area contributed by atoms with Crippen LogP contribution in [0, 0.1) is 0 Å². The molecule has 1 saturated carbocycles. The number of amides is 1. The van der Waals surface area contributed by atoms with E-state index >= 15 is 0 Å². The molecule has 6 rings (SSSR count). The van der Waals surface area contributed by atoms with E-state index in [-0.39, 0.29) is 12.1 Å². The predicted octanol–water partition coefficient (Wildman–Crippen LogP) is 4.63. The number of halogens is 3. The third-order valence-corrected chi connectivity index (χ3v) is 8.34. The highest BCUT2D eigenvalue weighted by Gasteiger charge is 2.46. The quantitative estimate of drug-likeness (QED) is 0.506. The van der Waals surface area contributed by atoms with E-state index in [1.54, 1.807) is 6.07 Å². The summed E-state index contributed by atoms with van der Waals surface area (Å²) in [6.45, 7) is 1.39. The number of rotatable bonds is 4. The van der Waals surface area contributed by atoms with Crippen LogP contribution in [0.4, 0.5) is 24.7 Å². The Morgan fingerprint density at radius 2 is 1.74 bits per heavy atom. The molecular weight excluding hydrogens is 505 g/mol. The molecule has 7 nitrogen and oxygen atoms in total. The van der Waals surface area contributed by atoms with Gasteiger partial charge >= 0.3 is 6.18 Å². The second-order valence-electron chi connectivity index (χ2n) is 10.7. The van der Waals surface area contributed by atoms with Gasteiger partial charge in [0.2, 0.25) is 5.91 Å². The van der Waals surface area contributed by atoms with Gasteiger partial charge in [0.25, 0.3) is 0 Å². The number of nitrogens with one attached hydrogen (secondary N) is 1. The van der Waals surface area contributed by atoms with E-state index in [0.717, 1.165) is 42.3 Å². The number of anilines is 2. The van der Waals surface area contributed by atoms with E-state index in [9.17, 15) is 18.0 Å². The Balaban J connectivity index is 1.29. The zero-order valence-electron chi connectivity index (χ0n) is 21.4. The first-order chi connectivity index (χ1) is 18.8. The summed E-state index contributed by atoms with van der Waals surface area (Å²) in [5, 5.41) is 3.90. The van der Waals surface area contributed by atoms with Gasteiger partial charge in [-0.25, -0.2) is 9.97 Å². The second-order valence-corrected chi connectivity index (χ2v) is 10.7. The van der Waals surface area contributed by atoms with Crippen molar-refractivity contribution in [3.8, 4) is 11.1 Å². The van der Waals surface area contributed by atoms with Crippen molar-refractivity contribution in [1.29, 1.82) is 0 Å². The largest absolute Gasteiger partial charge is 0.433 e. The van der Waals surface area contributed by atoms with Crippen LogP contribution < -0.4 is 20.9 Å². The Kier molecular flexibility index (Phi) is 6.66. The first-order valence-electron chi connectivity index (χ1n) is 13.5. The van der Waals surface area contributed by atoms with Gasteiger partial charge in [-0.2, -0.15) is 13.2 Å². The number of carbonyl (C=O) groups excluding carboxylic acids is 1. The first-order valence-corrected chi connectivity index (χ1v) is 13.5. The molecule has 0 spiro atoms. The van der Waals surface area contributed by atoms with E-state index in [1.165, 1.54) is 25.1 Å². The lowest BCUT2D eigenvalue weighted by atomic mass is 9.81. The first kappa shape index (κ1) is 25.6. The minimum atomic E-state index is -4.45. The van der Waals surface area contributed by atoms with Crippen molar-refractivity contribution < 1.29 is 18.0 Å². The topological polar surface area (TPSA) is 87.4 Å². The van der Waals surface area contributed by atoms with Gasteiger partial charge in [-0.15, -0.1) is 0 Å². The number of primary amides is 1. The number of nitrogens with two attached hydrogens (primary N) is 1. The number of piperidine rings is 1. The fourth-order valence-corrected chi connectivity index (χ4v) is 6.50. The summed E-state index contributed by atoms with van der Waals surface area (Å²) in [5.41, 5.74) is 7.68. The van der Waals surface area contributed by atoms with Crippen molar-refractivity contribution in [2.45, 2.75) is 62.4 Å². The normalized spacial score (nSPS) is 25.1. The van der Waals surface area contributed by atoms with Gasteiger partial charge in [0.1, 0.15) is 11.5 Å². The van der Waals surface area contributed by atoms with Crippen LogP contribution in [0.15, 0.2) is 60.9 Å². The fourth-order valence-electron chi connectivity index (χ4n) is 6.50. The monoisotopic (exact) mass is 536 g/mol. The molecule has 10 heteroatoms. The molecule has 2 aromatic heterocycles. The lowest BCUT2D eigenvalue weighted by molar-refractivity contribution is -0.141. The van der Waals surface area contributed by atoms with E-state index in [0.29, 0.717) is 36.4 Å². The maximum atomic E-state index is 13.0. The summed E-state index contributed by atoms with van der Waals surface area (Å²) in [4.78, 5) is 24.9. The number of hydrogen-bond donors (Lipinski definition) is 2. The Labute approximate surface area is 225 Å². The van der Waals surface area contributed by atoms with Gasteiger partial charge in [0.05, 0.1) is 11.9 Å². The van der Waals surface area contributed by atoms with Crippen LogP contribution in [0.5, 0.6) is 0 Å². The number of benzene rings is 1. The maximum absolute atomic E-state index is 13.0. The van der Waals surface area contributed by atoms with Crippen LogP contribution in [0.25, 0.3) is 11.1 Å². The Morgan fingerprint density at radius 1 is 0.949 bits per heavy atom. The molecule has 1 aliphatic carbocycles. The molecule has 3 N–H and O–H groups in total. The molecule has 3 aliphatic rings. The number of piperazine rings is 1. The number of pyridine rings is 2. The average molecular weight is 537 g/mol. The summed E-state index contributed by atoms with van der Waals surface area (Å²) < 4.78 is 39.1. The highest BCUT2D eigenvalue weighted by Crippen LogP contribution is 2.38. The van der Waals surface area contributed by atoms with Gasteiger partial charge in [-0.1, -0.05) is 25.0 Å². The summed E-state index contributed by atoms with van der Waals surface area (Å²) in [6, 6.07) is 14.9. The third-order valence-electron chi connectivity index (χ3n) is 8.34. The van der Waals surface area contributed by atoms with E-state index in [2.05, 4.69) is 26.2 Å². The van der Waals surface area contributed by atoms with Crippen LogP contribution in [-0.4, -0.2) is 53.1 Å². The smallest absolute Gasteiger partial charge is 0.369 e. The Hall–Kier alpha value is -3.66. The Morgan fingerprint density at radius 3 is 2.51 bits per heavy atom. The van der Waals surface area contributed by atoms with Crippen molar-refractivity contribution in [3.05, 3.63) is 72.2 Å². The minimum Gasteiger partial charge on any atom is -0.369 e. The summed E-state index contributed by atoms with van der Waals surface area (Å²) in [7, 11) is 0. The maximum Gasteiger partial charge on any atom is 0.433 e. The highest BCUT2D eigenvalue weighted by molar-refractivity contribution is 5.94. The lowest BCUT2D eigenvalue weighted by Gasteiger charge is -2.56. The van der Waals surface area contributed by atoms with Crippen LogP contribution >= 0.6 is 0 Å². The molecule has 2 saturated heterocycles. The predicted molar refractivity (Wildman–Crippen MR) is 143 cm³/mol. The van der Waals surface area contributed by atoms with Gasteiger partial charge < -0.3 is 20.9 Å². The number of fused-ring (bicyclic) bond motifs is 2. The third kappa shape index (κ3) is 5.05. The number of alkyl halides is 3. The molecule has 1 unspecified atom stereocenters. The van der Waals surface area contributed by atoms with Crippen molar-refractivity contribution in [2.24, 2.45) is 5.73 Å². The zero-order chi connectivity index (χ0) is 27.1. The summed E-state index contributed by atoms with van der Waals surface area (Å²) >= 11 is 0. The molecule has 3 aromatic rings. The van der Waals surface area contributed by atoms with Crippen LogP contribution in [0.1, 0.15) is 48.2 Å². The van der Waals surface area contributed by atoms with E-state index in [1.807, 2.05) is 30.5 Å². The zero-order valence-corrected chi connectivity index (χ0v) is 21.4. The molecule has 2 aliphatic heterocycles. The molecule has 0 radical (unpaired) electrons. The molecular formula is C29H31F3N6O. The number of aromatic nitrogens is 2. The fraction of sp³-hybridized carbons (Fsp3) is 0.414. The molecule has 1 amide bonds.